The molecule has 20 heavy (non-hydrogen) atoms. The average molecular weight is 321 g/mol. The van der Waals surface area contributed by atoms with Crippen molar-refractivity contribution >= 4 is 28.2 Å². The second-order valence-corrected chi connectivity index (χ2v) is 11.2. The highest BCUT2D eigenvalue weighted by atomic mass is 32.2. The van der Waals surface area contributed by atoms with Gasteiger partial charge in [0.1, 0.15) is 11.0 Å². The van der Waals surface area contributed by atoms with E-state index in [-0.39, 0.29) is 21.5 Å². The van der Waals surface area contributed by atoms with Crippen LogP contribution in [0.2, 0.25) is 0 Å². The van der Waals surface area contributed by atoms with E-state index in [9.17, 15) is 8.42 Å². The standard InChI is InChI=1S/C14H28N2O2S2/c1-13(2,3)19(17)15-10-11-8-7-9-12(11)16-20(18)14(4,5)6/h10-12,16H,7-9H2,1-6H3/b15-10+/t11-,12+,19-,20-/m1/s1. The fraction of sp³-hybridized carbons (Fsp3) is 0.929. The van der Waals surface area contributed by atoms with Gasteiger partial charge in [-0.15, -0.1) is 0 Å². The van der Waals surface area contributed by atoms with Crippen LogP contribution in [-0.4, -0.2) is 30.2 Å². The lowest BCUT2D eigenvalue weighted by Crippen LogP contribution is -2.41. The molecule has 0 amide bonds. The van der Waals surface area contributed by atoms with E-state index in [2.05, 4.69) is 9.12 Å². The van der Waals surface area contributed by atoms with Crippen molar-refractivity contribution in [3.05, 3.63) is 0 Å². The first kappa shape index (κ1) is 18.0. The van der Waals surface area contributed by atoms with Crippen LogP contribution in [0.15, 0.2) is 4.40 Å². The van der Waals surface area contributed by atoms with Crippen LogP contribution < -0.4 is 4.72 Å². The molecule has 0 aromatic heterocycles. The second kappa shape index (κ2) is 6.79. The molecule has 0 saturated heterocycles. The molecule has 1 N–H and O–H groups in total. The van der Waals surface area contributed by atoms with E-state index in [1.54, 1.807) is 0 Å². The third kappa shape index (κ3) is 5.37. The predicted octanol–water partition coefficient (Wildman–Crippen LogP) is 2.74. The smallest absolute Gasteiger partial charge is 0.144 e. The fourth-order valence-electron chi connectivity index (χ4n) is 1.92. The van der Waals surface area contributed by atoms with E-state index in [4.69, 9.17) is 0 Å². The van der Waals surface area contributed by atoms with Crippen molar-refractivity contribution in [2.45, 2.75) is 76.3 Å². The zero-order chi connectivity index (χ0) is 15.6. The van der Waals surface area contributed by atoms with E-state index in [1.807, 2.05) is 47.8 Å². The van der Waals surface area contributed by atoms with Crippen molar-refractivity contribution in [3.63, 3.8) is 0 Å². The third-order valence-corrected chi connectivity index (χ3v) is 6.25. The molecule has 1 saturated carbocycles. The monoisotopic (exact) mass is 320 g/mol. The minimum atomic E-state index is -1.21. The predicted molar refractivity (Wildman–Crippen MR) is 88.5 cm³/mol. The Morgan fingerprint density at radius 2 is 1.65 bits per heavy atom. The highest BCUT2D eigenvalue weighted by Gasteiger charge is 2.31. The lowest BCUT2D eigenvalue weighted by Gasteiger charge is -2.24. The van der Waals surface area contributed by atoms with Crippen molar-refractivity contribution in [1.29, 1.82) is 0 Å². The molecule has 0 heterocycles. The van der Waals surface area contributed by atoms with Crippen molar-refractivity contribution in [1.82, 2.24) is 4.72 Å². The van der Waals surface area contributed by atoms with Gasteiger partial charge in [-0.1, -0.05) is 6.42 Å². The number of nitrogens with zero attached hydrogens (tertiary/aromatic N) is 1. The molecular formula is C14H28N2O2S2. The minimum Gasteiger partial charge on any atom is -0.242 e. The Hall–Kier alpha value is -0.0700. The Kier molecular flexibility index (Phi) is 6.11. The quantitative estimate of drug-likeness (QED) is 0.810. The van der Waals surface area contributed by atoms with Gasteiger partial charge in [-0.25, -0.2) is 13.1 Å². The van der Waals surface area contributed by atoms with E-state index in [1.165, 1.54) is 0 Å². The van der Waals surface area contributed by atoms with Gasteiger partial charge >= 0.3 is 0 Å². The SMILES string of the molecule is CC(C)(C)[S@@](=O)/N=C/[C@H]1CCC[C@@H]1N[S@](=O)C(C)(C)C. The Morgan fingerprint density at radius 3 is 2.15 bits per heavy atom. The van der Waals surface area contributed by atoms with Gasteiger partial charge in [0.25, 0.3) is 0 Å². The summed E-state index contributed by atoms with van der Waals surface area (Å²) in [4.78, 5) is 0. The summed E-state index contributed by atoms with van der Waals surface area (Å²) in [6, 6.07) is 0.177. The summed E-state index contributed by atoms with van der Waals surface area (Å²) < 4.78 is 30.9. The van der Waals surface area contributed by atoms with Gasteiger partial charge in [-0.3, -0.25) is 0 Å². The molecular weight excluding hydrogens is 292 g/mol. The van der Waals surface area contributed by atoms with Gasteiger partial charge in [-0.05, 0) is 54.4 Å². The lowest BCUT2D eigenvalue weighted by atomic mass is 10.1. The maximum absolute atomic E-state index is 12.2. The van der Waals surface area contributed by atoms with Crippen LogP contribution in [-0.2, 0) is 22.0 Å². The summed E-state index contributed by atoms with van der Waals surface area (Å²) in [5.74, 6) is 0.229. The van der Waals surface area contributed by atoms with Gasteiger partial charge in [0.05, 0.1) is 20.5 Å². The van der Waals surface area contributed by atoms with Crippen LogP contribution >= 0.6 is 0 Å². The molecule has 1 fully saturated rings. The molecule has 0 aliphatic heterocycles. The number of hydrogen-bond donors (Lipinski definition) is 1. The van der Waals surface area contributed by atoms with E-state index in [0.29, 0.717) is 0 Å². The zero-order valence-electron chi connectivity index (χ0n) is 13.4. The molecule has 0 radical (unpaired) electrons. The molecule has 0 spiro atoms. The van der Waals surface area contributed by atoms with Gasteiger partial charge in [0, 0.05) is 18.2 Å². The Morgan fingerprint density at radius 1 is 1.05 bits per heavy atom. The normalized spacial score (nSPS) is 27.9. The number of rotatable bonds is 4. The van der Waals surface area contributed by atoms with Crippen LogP contribution in [0.1, 0.15) is 60.8 Å². The van der Waals surface area contributed by atoms with Crippen LogP contribution in [0.5, 0.6) is 0 Å². The Labute approximate surface area is 128 Å². The molecule has 0 unspecified atom stereocenters. The van der Waals surface area contributed by atoms with Gasteiger partial charge in [0.15, 0.2) is 0 Å². The van der Waals surface area contributed by atoms with Crippen molar-refractivity contribution < 1.29 is 8.42 Å². The molecule has 118 valence electrons. The van der Waals surface area contributed by atoms with E-state index < -0.39 is 22.0 Å². The van der Waals surface area contributed by atoms with Crippen LogP contribution in [0, 0.1) is 5.92 Å². The number of hydrogen-bond acceptors (Lipinski definition) is 2. The molecule has 0 aromatic rings. The first-order chi connectivity index (χ1) is 9.01. The Balaban J connectivity index is 2.65. The molecule has 0 aromatic carbocycles. The highest BCUT2D eigenvalue weighted by Crippen LogP contribution is 2.26. The van der Waals surface area contributed by atoms with E-state index in [0.717, 1.165) is 19.3 Å². The maximum atomic E-state index is 12.2. The molecule has 4 nitrogen and oxygen atoms in total. The van der Waals surface area contributed by atoms with Crippen molar-refractivity contribution in [2.24, 2.45) is 10.3 Å². The summed E-state index contributed by atoms with van der Waals surface area (Å²) in [5.41, 5.74) is 0. The first-order valence-corrected chi connectivity index (χ1v) is 9.41. The van der Waals surface area contributed by atoms with Crippen LogP contribution in [0.25, 0.3) is 0 Å². The van der Waals surface area contributed by atoms with Gasteiger partial charge in [0.2, 0.25) is 0 Å². The van der Waals surface area contributed by atoms with Crippen molar-refractivity contribution in [3.8, 4) is 0 Å². The number of nitrogens with one attached hydrogen (secondary N) is 1. The summed E-state index contributed by atoms with van der Waals surface area (Å²) in [6.07, 6.45) is 4.92. The summed E-state index contributed by atoms with van der Waals surface area (Å²) >= 11 is 0. The van der Waals surface area contributed by atoms with Gasteiger partial charge < -0.3 is 0 Å². The van der Waals surface area contributed by atoms with Crippen molar-refractivity contribution in [2.75, 3.05) is 0 Å². The average Bonchev–Trinajstić information content (AvgIpc) is 2.70. The minimum absolute atomic E-state index is 0.177. The largest absolute Gasteiger partial charge is 0.242 e. The molecule has 1 aliphatic rings. The Bertz CT molecular complexity index is 408. The topological polar surface area (TPSA) is 58.5 Å². The summed E-state index contributed by atoms with van der Waals surface area (Å²) in [5, 5.41) is 0. The van der Waals surface area contributed by atoms with Crippen LogP contribution in [0.3, 0.4) is 0 Å². The maximum Gasteiger partial charge on any atom is 0.144 e. The molecule has 1 aliphatic carbocycles. The summed E-state index contributed by atoms with van der Waals surface area (Å²) in [6.45, 7) is 11.6. The second-order valence-electron chi connectivity index (χ2n) is 7.32. The lowest BCUT2D eigenvalue weighted by molar-refractivity contribution is 0.553. The van der Waals surface area contributed by atoms with E-state index >= 15 is 0 Å². The fourth-order valence-corrected chi connectivity index (χ4v) is 3.42. The third-order valence-electron chi connectivity index (χ3n) is 3.26. The first-order valence-electron chi connectivity index (χ1n) is 7.16. The zero-order valence-corrected chi connectivity index (χ0v) is 15.1. The highest BCUT2D eigenvalue weighted by molar-refractivity contribution is 7.85. The molecule has 4 atom stereocenters. The molecule has 6 heteroatoms. The molecule has 0 bridgehead atoms. The molecule has 1 rings (SSSR count). The summed E-state index contributed by atoms with van der Waals surface area (Å²) in [7, 11) is -2.28. The van der Waals surface area contributed by atoms with Crippen LogP contribution in [0.4, 0.5) is 0 Å². The van der Waals surface area contributed by atoms with Gasteiger partial charge in [-0.2, -0.15) is 4.40 Å².